The molecule has 2 aliphatic heterocycles. The Hall–Kier alpha value is -0.110. The first-order valence-electron chi connectivity index (χ1n) is 3.44. The maximum atomic E-state index is 3.33. The molecule has 3 atom stereocenters. The largest absolute Gasteiger partial charge is 0.379 e. The molecule has 0 aromatic heterocycles. The Labute approximate surface area is 59.9 Å². The van der Waals surface area contributed by atoms with Gasteiger partial charge >= 0.3 is 0 Å². The molecule has 0 bridgehead atoms. The van der Waals surface area contributed by atoms with Crippen LogP contribution in [-0.2, 0) is 0 Å². The van der Waals surface area contributed by atoms with Crippen LogP contribution >= 0.6 is 11.8 Å². The van der Waals surface area contributed by atoms with Crippen LogP contribution in [-0.4, -0.2) is 10.6 Å². The van der Waals surface area contributed by atoms with Crippen LogP contribution in [0.5, 0.6) is 0 Å². The van der Waals surface area contributed by atoms with Gasteiger partial charge in [0, 0.05) is 11.2 Å². The number of hydrogen-bond donors (Lipinski definition) is 1. The molecule has 2 aliphatic rings. The molecule has 3 unspecified atom stereocenters. The zero-order chi connectivity index (χ0) is 6.27. The van der Waals surface area contributed by atoms with Crippen molar-refractivity contribution in [1.82, 2.24) is 5.32 Å². The number of thioether (sulfide) groups is 1. The summed E-state index contributed by atoms with van der Waals surface area (Å²) >= 11 is 2.06. The van der Waals surface area contributed by atoms with Gasteiger partial charge in [0.15, 0.2) is 0 Å². The van der Waals surface area contributed by atoms with Gasteiger partial charge in [-0.15, -0.1) is 11.8 Å². The van der Waals surface area contributed by atoms with Crippen LogP contribution in [0.3, 0.4) is 0 Å². The monoisotopic (exact) mass is 141 g/mol. The second-order valence-corrected chi connectivity index (χ2v) is 4.38. The molecular formula is C7H11NS. The molecule has 2 heteroatoms. The maximum Gasteiger partial charge on any atom is 0.0784 e. The first-order chi connectivity index (χ1) is 4.36. The van der Waals surface area contributed by atoms with E-state index >= 15 is 0 Å². The molecule has 2 heterocycles. The quantitative estimate of drug-likeness (QED) is 0.549. The fraction of sp³-hybridized carbons (Fsp3) is 0.714. The van der Waals surface area contributed by atoms with E-state index in [0.717, 1.165) is 11.2 Å². The third-order valence-electron chi connectivity index (χ3n) is 1.98. The fourth-order valence-electron chi connectivity index (χ4n) is 1.53. The van der Waals surface area contributed by atoms with Gasteiger partial charge in [-0.05, 0) is 12.6 Å². The Morgan fingerprint density at radius 2 is 2.56 bits per heavy atom. The molecule has 1 fully saturated rings. The van der Waals surface area contributed by atoms with Gasteiger partial charge in [-0.3, -0.25) is 0 Å². The molecule has 0 spiro atoms. The molecule has 0 saturated carbocycles. The van der Waals surface area contributed by atoms with Crippen LogP contribution in [0, 0.1) is 5.92 Å². The zero-order valence-corrected chi connectivity index (χ0v) is 6.32. The predicted molar refractivity (Wildman–Crippen MR) is 41.2 cm³/mol. The third kappa shape index (κ3) is 0.855. The van der Waals surface area contributed by atoms with Gasteiger partial charge in [-0.1, -0.05) is 13.0 Å². The topological polar surface area (TPSA) is 12.0 Å². The lowest BCUT2D eigenvalue weighted by Gasteiger charge is -2.06. The van der Waals surface area contributed by atoms with Crippen molar-refractivity contribution in [2.24, 2.45) is 5.92 Å². The zero-order valence-electron chi connectivity index (χ0n) is 5.50. The van der Waals surface area contributed by atoms with Gasteiger partial charge in [-0.25, -0.2) is 0 Å². The smallest absolute Gasteiger partial charge is 0.0784 e. The summed E-state index contributed by atoms with van der Waals surface area (Å²) in [7, 11) is 0. The first-order valence-corrected chi connectivity index (χ1v) is 4.39. The summed E-state index contributed by atoms with van der Waals surface area (Å²) in [4.78, 5) is 0. The minimum atomic E-state index is 0.708. The molecule has 1 saturated heterocycles. The van der Waals surface area contributed by atoms with Crippen LogP contribution in [0.4, 0.5) is 0 Å². The molecule has 0 amide bonds. The minimum absolute atomic E-state index is 0.708. The van der Waals surface area contributed by atoms with Gasteiger partial charge in [0.05, 0.1) is 5.37 Å². The van der Waals surface area contributed by atoms with E-state index in [1.165, 1.54) is 6.42 Å². The van der Waals surface area contributed by atoms with E-state index in [2.05, 4.69) is 36.3 Å². The highest BCUT2D eigenvalue weighted by Crippen LogP contribution is 2.39. The molecule has 1 N–H and O–H groups in total. The standard InChI is InChI=1S/C7H11NS/c1-5-4-6-2-3-8-7(6)9-5/h2-3,5-8H,4H2,1H3. The van der Waals surface area contributed by atoms with Crippen molar-refractivity contribution in [2.45, 2.75) is 24.0 Å². The second-order valence-electron chi connectivity index (χ2n) is 2.79. The molecule has 0 aromatic carbocycles. The highest BCUT2D eigenvalue weighted by Gasteiger charge is 2.32. The van der Waals surface area contributed by atoms with Crippen molar-refractivity contribution in [2.75, 3.05) is 0 Å². The van der Waals surface area contributed by atoms with E-state index in [-0.39, 0.29) is 0 Å². The molecule has 0 aromatic rings. The van der Waals surface area contributed by atoms with Crippen molar-refractivity contribution < 1.29 is 0 Å². The molecule has 2 rings (SSSR count). The Morgan fingerprint density at radius 1 is 1.67 bits per heavy atom. The number of fused-ring (bicyclic) bond motifs is 1. The first kappa shape index (κ1) is 5.66. The van der Waals surface area contributed by atoms with Gasteiger partial charge < -0.3 is 5.32 Å². The van der Waals surface area contributed by atoms with E-state index in [4.69, 9.17) is 0 Å². The number of rotatable bonds is 0. The summed E-state index contributed by atoms with van der Waals surface area (Å²) in [5, 5.41) is 4.90. The molecule has 0 aliphatic carbocycles. The molecular weight excluding hydrogens is 130 g/mol. The highest BCUT2D eigenvalue weighted by atomic mass is 32.2. The van der Waals surface area contributed by atoms with Crippen molar-refractivity contribution in [3.8, 4) is 0 Å². The van der Waals surface area contributed by atoms with Gasteiger partial charge in [0.2, 0.25) is 0 Å². The van der Waals surface area contributed by atoms with E-state index in [0.29, 0.717) is 5.37 Å². The van der Waals surface area contributed by atoms with Crippen LogP contribution in [0.1, 0.15) is 13.3 Å². The van der Waals surface area contributed by atoms with Crippen molar-refractivity contribution in [3.05, 3.63) is 12.3 Å². The molecule has 1 nitrogen and oxygen atoms in total. The lowest BCUT2D eigenvalue weighted by molar-refractivity contribution is 0.605. The normalized spacial score (nSPS) is 47.0. The van der Waals surface area contributed by atoms with Gasteiger partial charge in [0.1, 0.15) is 0 Å². The van der Waals surface area contributed by atoms with Gasteiger partial charge in [-0.2, -0.15) is 0 Å². The van der Waals surface area contributed by atoms with Crippen LogP contribution < -0.4 is 5.32 Å². The third-order valence-corrected chi connectivity index (χ3v) is 3.41. The lowest BCUT2D eigenvalue weighted by Crippen LogP contribution is -2.17. The summed E-state index contributed by atoms with van der Waals surface area (Å²) < 4.78 is 0. The van der Waals surface area contributed by atoms with Crippen LogP contribution in [0.25, 0.3) is 0 Å². The summed E-state index contributed by atoms with van der Waals surface area (Å²) in [5.74, 6) is 0.824. The van der Waals surface area contributed by atoms with E-state index in [9.17, 15) is 0 Å². The van der Waals surface area contributed by atoms with E-state index in [1.807, 2.05) is 0 Å². The Kier molecular flexibility index (Phi) is 1.22. The Morgan fingerprint density at radius 3 is 3.33 bits per heavy atom. The van der Waals surface area contributed by atoms with Crippen molar-refractivity contribution in [1.29, 1.82) is 0 Å². The maximum absolute atomic E-state index is 3.33. The number of hydrogen-bond acceptors (Lipinski definition) is 2. The lowest BCUT2D eigenvalue weighted by atomic mass is 10.1. The Bertz CT molecular complexity index is 144. The van der Waals surface area contributed by atoms with Crippen LogP contribution in [0.2, 0.25) is 0 Å². The minimum Gasteiger partial charge on any atom is -0.379 e. The SMILES string of the molecule is CC1CC2C=CNC2S1. The number of nitrogens with one attached hydrogen (secondary N) is 1. The summed E-state index contributed by atoms with van der Waals surface area (Å²) in [5.41, 5.74) is 0. The van der Waals surface area contributed by atoms with Gasteiger partial charge in [0.25, 0.3) is 0 Å². The Balaban J connectivity index is 2.08. The molecule has 9 heavy (non-hydrogen) atoms. The van der Waals surface area contributed by atoms with E-state index < -0.39 is 0 Å². The molecule has 50 valence electrons. The average molecular weight is 141 g/mol. The summed E-state index contributed by atoms with van der Waals surface area (Å²) in [6.45, 7) is 2.30. The summed E-state index contributed by atoms with van der Waals surface area (Å²) in [6.07, 6.45) is 5.74. The summed E-state index contributed by atoms with van der Waals surface area (Å²) in [6, 6.07) is 0. The van der Waals surface area contributed by atoms with E-state index in [1.54, 1.807) is 0 Å². The average Bonchev–Trinajstić information content (AvgIpc) is 2.22. The second kappa shape index (κ2) is 1.94. The predicted octanol–water partition coefficient (Wildman–Crippen LogP) is 1.57. The highest BCUT2D eigenvalue weighted by molar-refractivity contribution is 8.00. The van der Waals surface area contributed by atoms with Crippen molar-refractivity contribution in [3.63, 3.8) is 0 Å². The molecule has 0 radical (unpaired) electrons. The fourth-order valence-corrected chi connectivity index (χ4v) is 2.92. The van der Waals surface area contributed by atoms with Crippen molar-refractivity contribution >= 4 is 11.8 Å². The van der Waals surface area contributed by atoms with Crippen LogP contribution in [0.15, 0.2) is 12.3 Å².